The molecule has 2 rings (SSSR count). The maximum atomic E-state index is 12.0. The van der Waals surface area contributed by atoms with Gasteiger partial charge in [0.15, 0.2) is 0 Å². The summed E-state index contributed by atoms with van der Waals surface area (Å²) in [7, 11) is 1.80. The number of pyridine rings is 1. The van der Waals surface area contributed by atoms with Crippen molar-refractivity contribution in [2.45, 2.75) is 13.5 Å². The molecule has 2 aromatic rings. The Morgan fingerprint density at radius 3 is 2.82 bits per heavy atom. The minimum atomic E-state index is 0.0447. The Balaban J connectivity index is 2.07. The molecule has 0 aromatic carbocycles. The molecule has 0 saturated carbocycles. The predicted molar refractivity (Wildman–Crippen MR) is 69.1 cm³/mol. The second-order valence-corrected chi connectivity index (χ2v) is 4.86. The van der Waals surface area contributed by atoms with Gasteiger partial charge in [-0.3, -0.25) is 9.78 Å². The van der Waals surface area contributed by atoms with Gasteiger partial charge in [0.2, 0.25) is 0 Å². The fourth-order valence-electron chi connectivity index (χ4n) is 1.59. The fraction of sp³-hybridized carbons (Fsp3) is 0.231. The average molecular weight is 246 g/mol. The summed E-state index contributed by atoms with van der Waals surface area (Å²) in [4.78, 5) is 18.8. The Labute approximate surface area is 105 Å². The molecule has 2 aromatic heterocycles. The zero-order valence-corrected chi connectivity index (χ0v) is 10.7. The van der Waals surface area contributed by atoms with Gasteiger partial charge in [-0.05, 0) is 30.5 Å². The van der Waals surface area contributed by atoms with E-state index in [1.165, 1.54) is 11.3 Å². The maximum Gasteiger partial charge on any atom is 0.264 e. The van der Waals surface area contributed by atoms with E-state index in [1.807, 2.05) is 42.6 Å². The lowest BCUT2D eigenvalue weighted by Gasteiger charge is -2.15. The minimum Gasteiger partial charge on any atom is -0.335 e. The highest BCUT2D eigenvalue weighted by Crippen LogP contribution is 2.12. The summed E-state index contributed by atoms with van der Waals surface area (Å²) >= 11 is 1.46. The lowest BCUT2D eigenvalue weighted by molar-refractivity contribution is 0.0788. The van der Waals surface area contributed by atoms with Crippen molar-refractivity contribution >= 4 is 17.2 Å². The number of nitrogens with zero attached hydrogens (tertiary/aromatic N) is 2. The number of rotatable bonds is 3. The van der Waals surface area contributed by atoms with Crippen LogP contribution < -0.4 is 0 Å². The molecule has 0 spiro atoms. The van der Waals surface area contributed by atoms with Gasteiger partial charge in [-0.1, -0.05) is 12.1 Å². The Morgan fingerprint density at radius 2 is 2.18 bits per heavy atom. The highest BCUT2D eigenvalue weighted by atomic mass is 32.1. The normalized spacial score (nSPS) is 10.2. The van der Waals surface area contributed by atoms with Crippen LogP contribution in [0.5, 0.6) is 0 Å². The number of carbonyl (C=O) groups excluding carboxylic acids is 1. The summed E-state index contributed by atoms with van der Waals surface area (Å²) in [6.07, 6.45) is 0. The standard InChI is InChI=1S/C13H14N2OS/c1-10-5-3-6-11(14-10)9-15(2)13(16)12-7-4-8-17-12/h3-8H,9H2,1-2H3. The van der Waals surface area contributed by atoms with Crippen molar-refractivity contribution in [2.75, 3.05) is 7.05 Å². The lowest BCUT2D eigenvalue weighted by atomic mass is 10.3. The third-order valence-corrected chi connectivity index (χ3v) is 3.28. The summed E-state index contributed by atoms with van der Waals surface area (Å²) in [5.41, 5.74) is 1.89. The van der Waals surface area contributed by atoms with Crippen molar-refractivity contribution in [3.63, 3.8) is 0 Å². The van der Waals surface area contributed by atoms with Crippen LogP contribution in [0.1, 0.15) is 21.1 Å². The number of aromatic nitrogens is 1. The Morgan fingerprint density at radius 1 is 1.35 bits per heavy atom. The highest BCUT2D eigenvalue weighted by molar-refractivity contribution is 7.12. The largest absolute Gasteiger partial charge is 0.335 e. The number of thiophene rings is 1. The molecule has 0 saturated heterocycles. The molecule has 0 atom stereocenters. The first kappa shape index (κ1) is 11.8. The molecule has 0 fully saturated rings. The van der Waals surface area contributed by atoms with Crippen LogP contribution in [-0.2, 0) is 6.54 Å². The van der Waals surface area contributed by atoms with E-state index in [0.29, 0.717) is 6.54 Å². The second kappa shape index (κ2) is 5.10. The number of amides is 1. The molecule has 17 heavy (non-hydrogen) atoms. The Bertz CT molecular complexity index is 508. The van der Waals surface area contributed by atoms with Gasteiger partial charge >= 0.3 is 0 Å². The second-order valence-electron chi connectivity index (χ2n) is 3.91. The topological polar surface area (TPSA) is 33.2 Å². The molecule has 1 amide bonds. The molecule has 0 bridgehead atoms. The van der Waals surface area contributed by atoms with Gasteiger partial charge in [-0.15, -0.1) is 11.3 Å². The van der Waals surface area contributed by atoms with Gasteiger partial charge in [0.1, 0.15) is 0 Å². The SMILES string of the molecule is Cc1cccc(CN(C)C(=O)c2cccs2)n1. The lowest BCUT2D eigenvalue weighted by Crippen LogP contribution is -2.25. The van der Waals surface area contributed by atoms with Crippen molar-refractivity contribution in [1.29, 1.82) is 0 Å². The van der Waals surface area contributed by atoms with Gasteiger partial charge in [0.25, 0.3) is 5.91 Å². The fourth-order valence-corrected chi connectivity index (χ4v) is 2.31. The number of hydrogen-bond donors (Lipinski definition) is 0. The van der Waals surface area contributed by atoms with Gasteiger partial charge < -0.3 is 4.90 Å². The van der Waals surface area contributed by atoms with E-state index in [1.54, 1.807) is 11.9 Å². The van der Waals surface area contributed by atoms with Crippen molar-refractivity contribution in [3.05, 3.63) is 52.0 Å². The van der Waals surface area contributed by atoms with Crippen LogP contribution in [0.4, 0.5) is 0 Å². The van der Waals surface area contributed by atoms with Crippen molar-refractivity contribution in [1.82, 2.24) is 9.88 Å². The Kier molecular flexibility index (Phi) is 3.54. The van der Waals surface area contributed by atoms with Crippen molar-refractivity contribution in [3.8, 4) is 0 Å². The van der Waals surface area contributed by atoms with E-state index in [4.69, 9.17) is 0 Å². The van der Waals surface area contributed by atoms with E-state index in [-0.39, 0.29) is 5.91 Å². The quantitative estimate of drug-likeness (QED) is 0.834. The van der Waals surface area contributed by atoms with E-state index in [0.717, 1.165) is 16.3 Å². The van der Waals surface area contributed by atoms with Gasteiger partial charge in [-0.2, -0.15) is 0 Å². The zero-order chi connectivity index (χ0) is 12.3. The minimum absolute atomic E-state index is 0.0447. The first-order valence-electron chi connectivity index (χ1n) is 5.38. The van der Waals surface area contributed by atoms with Crippen LogP contribution in [0.25, 0.3) is 0 Å². The zero-order valence-electron chi connectivity index (χ0n) is 9.88. The molecule has 0 aliphatic carbocycles. The van der Waals surface area contributed by atoms with E-state index < -0.39 is 0 Å². The summed E-state index contributed by atoms with van der Waals surface area (Å²) < 4.78 is 0. The molecule has 0 radical (unpaired) electrons. The summed E-state index contributed by atoms with van der Waals surface area (Å²) in [5.74, 6) is 0.0447. The molecular weight excluding hydrogens is 232 g/mol. The maximum absolute atomic E-state index is 12.0. The highest BCUT2D eigenvalue weighted by Gasteiger charge is 2.13. The number of carbonyl (C=O) groups is 1. The van der Waals surface area contributed by atoms with Crippen molar-refractivity contribution < 1.29 is 4.79 Å². The molecular formula is C13H14N2OS. The number of hydrogen-bond acceptors (Lipinski definition) is 3. The molecule has 2 heterocycles. The molecule has 0 N–H and O–H groups in total. The predicted octanol–water partition coefficient (Wildman–Crippen LogP) is 2.72. The van der Waals surface area contributed by atoms with E-state index in [2.05, 4.69) is 4.98 Å². The third kappa shape index (κ3) is 2.91. The molecule has 0 unspecified atom stereocenters. The van der Waals surface area contributed by atoms with Crippen LogP contribution >= 0.6 is 11.3 Å². The van der Waals surface area contributed by atoms with Gasteiger partial charge in [0, 0.05) is 12.7 Å². The molecule has 0 aliphatic heterocycles. The van der Waals surface area contributed by atoms with Crippen molar-refractivity contribution in [2.24, 2.45) is 0 Å². The summed E-state index contributed by atoms with van der Waals surface area (Å²) in [6.45, 7) is 2.49. The first-order valence-corrected chi connectivity index (χ1v) is 6.26. The summed E-state index contributed by atoms with van der Waals surface area (Å²) in [5, 5.41) is 1.91. The van der Waals surface area contributed by atoms with Gasteiger partial charge in [0.05, 0.1) is 17.1 Å². The number of aryl methyl sites for hydroxylation is 1. The van der Waals surface area contributed by atoms with Crippen LogP contribution in [0.2, 0.25) is 0 Å². The van der Waals surface area contributed by atoms with Crippen LogP contribution in [0, 0.1) is 6.92 Å². The van der Waals surface area contributed by atoms with E-state index in [9.17, 15) is 4.79 Å². The van der Waals surface area contributed by atoms with Crippen LogP contribution in [0.3, 0.4) is 0 Å². The van der Waals surface area contributed by atoms with Crippen LogP contribution in [0.15, 0.2) is 35.7 Å². The smallest absolute Gasteiger partial charge is 0.264 e. The summed E-state index contributed by atoms with van der Waals surface area (Å²) in [6, 6.07) is 9.57. The monoisotopic (exact) mass is 246 g/mol. The molecule has 3 nitrogen and oxygen atoms in total. The van der Waals surface area contributed by atoms with E-state index >= 15 is 0 Å². The molecule has 88 valence electrons. The third-order valence-electron chi connectivity index (χ3n) is 2.42. The molecule has 4 heteroatoms. The Hall–Kier alpha value is -1.68. The van der Waals surface area contributed by atoms with Gasteiger partial charge in [-0.25, -0.2) is 0 Å². The average Bonchev–Trinajstić information content (AvgIpc) is 2.81. The van der Waals surface area contributed by atoms with Crippen LogP contribution in [-0.4, -0.2) is 22.8 Å². The first-order chi connectivity index (χ1) is 8.16. The molecule has 0 aliphatic rings.